The maximum Gasteiger partial charge on any atom is 0.226 e. The van der Waals surface area contributed by atoms with Crippen LogP contribution in [0.1, 0.15) is 81.0 Å². The Labute approximate surface area is 205 Å². The van der Waals surface area contributed by atoms with Gasteiger partial charge in [0.25, 0.3) is 0 Å². The minimum Gasteiger partial charge on any atom is -0.335 e. The van der Waals surface area contributed by atoms with Crippen molar-refractivity contribution in [1.29, 1.82) is 0 Å². The summed E-state index contributed by atoms with van der Waals surface area (Å²) in [5, 5.41) is 3.07. The number of ketones is 1. The standard InChI is InChI=1S/C30H40N2O2/c1-22(31-2)29(33)21-27(25-14-7-4-8-15-25)30(34)32-18-10-17-28(32)26-16-9-13-24(20-26)19-23-11-5-3-6-12-23/h3,5-6,9,11-13,16,20,22,25,27-28,31H,4,7-8,10,14-15,17-19,21H2,1-2H3/t22-,27-,28-/m0/s1. The van der Waals surface area contributed by atoms with E-state index >= 15 is 0 Å². The average molecular weight is 461 g/mol. The van der Waals surface area contributed by atoms with E-state index in [1.54, 1.807) is 0 Å². The molecule has 4 rings (SSSR count). The first kappa shape index (κ1) is 24.7. The number of carbonyl (C=O) groups is 2. The van der Waals surface area contributed by atoms with Gasteiger partial charge in [-0.1, -0.05) is 73.9 Å². The van der Waals surface area contributed by atoms with Crippen molar-refractivity contribution in [2.75, 3.05) is 13.6 Å². The molecule has 2 aliphatic rings. The van der Waals surface area contributed by atoms with Crippen molar-refractivity contribution in [3.63, 3.8) is 0 Å². The van der Waals surface area contributed by atoms with E-state index in [0.29, 0.717) is 12.3 Å². The third-order valence-corrected chi connectivity index (χ3v) is 8.00. The highest BCUT2D eigenvalue weighted by molar-refractivity contribution is 5.90. The molecule has 2 aromatic rings. The van der Waals surface area contributed by atoms with Gasteiger partial charge in [-0.15, -0.1) is 0 Å². The van der Waals surface area contributed by atoms with Crippen LogP contribution in [0, 0.1) is 11.8 Å². The zero-order valence-corrected chi connectivity index (χ0v) is 20.8. The second kappa shape index (κ2) is 11.8. The highest BCUT2D eigenvalue weighted by atomic mass is 16.2. The van der Waals surface area contributed by atoms with Crippen molar-refractivity contribution < 1.29 is 9.59 Å². The van der Waals surface area contributed by atoms with Gasteiger partial charge in [-0.25, -0.2) is 0 Å². The second-order valence-corrected chi connectivity index (χ2v) is 10.3. The van der Waals surface area contributed by atoms with Crippen LogP contribution in [0.5, 0.6) is 0 Å². The molecular formula is C30H40N2O2. The number of rotatable bonds is 9. The number of likely N-dealkylation sites (N-methyl/N-ethyl adjacent to an activating group) is 1. The smallest absolute Gasteiger partial charge is 0.226 e. The van der Waals surface area contributed by atoms with E-state index in [1.165, 1.54) is 36.0 Å². The third-order valence-electron chi connectivity index (χ3n) is 8.00. The fourth-order valence-corrected chi connectivity index (χ4v) is 5.88. The molecule has 182 valence electrons. The number of Topliss-reactive ketones (excluding diaryl/α,β-unsaturated/α-hetero) is 1. The van der Waals surface area contributed by atoms with E-state index in [0.717, 1.165) is 38.6 Å². The number of hydrogen-bond acceptors (Lipinski definition) is 3. The van der Waals surface area contributed by atoms with Crippen molar-refractivity contribution >= 4 is 11.7 Å². The van der Waals surface area contributed by atoms with E-state index in [1.807, 2.05) is 20.0 Å². The zero-order chi connectivity index (χ0) is 23.9. The number of amides is 1. The molecule has 1 saturated heterocycles. The average Bonchev–Trinajstić information content (AvgIpc) is 3.38. The lowest BCUT2D eigenvalue weighted by molar-refractivity contribution is -0.141. The topological polar surface area (TPSA) is 49.4 Å². The maximum absolute atomic E-state index is 14.0. The Balaban J connectivity index is 1.53. The van der Waals surface area contributed by atoms with Gasteiger partial charge >= 0.3 is 0 Å². The molecule has 1 N–H and O–H groups in total. The van der Waals surface area contributed by atoms with Gasteiger partial charge in [0, 0.05) is 18.9 Å². The molecule has 1 aliphatic heterocycles. The summed E-state index contributed by atoms with van der Waals surface area (Å²) in [4.78, 5) is 29.0. The Hall–Kier alpha value is -2.46. The lowest BCUT2D eigenvalue weighted by atomic mass is 9.76. The van der Waals surface area contributed by atoms with E-state index in [4.69, 9.17) is 0 Å². The summed E-state index contributed by atoms with van der Waals surface area (Å²) in [7, 11) is 1.82. The quantitative estimate of drug-likeness (QED) is 0.522. The molecule has 0 spiro atoms. The molecule has 34 heavy (non-hydrogen) atoms. The van der Waals surface area contributed by atoms with E-state index < -0.39 is 0 Å². The first-order valence-corrected chi connectivity index (χ1v) is 13.2. The molecular weight excluding hydrogens is 420 g/mol. The summed E-state index contributed by atoms with van der Waals surface area (Å²) in [5.74, 6) is 0.517. The Morgan fingerprint density at radius 3 is 2.41 bits per heavy atom. The van der Waals surface area contributed by atoms with Crippen LogP contribution < -0.4 is 5.32 Å². The molecule has 1 saturated carbocycles. The largest absolute Gasteiger partial charge is 0.335 e. The van der Waals surface area contributed by atoms with Gasteiger partial charge in [0.15, 0.2) is 0 Å². The molecule has 2 aromatic carbocycles. The second-order valence-electron chi connectivity index (χ2n) is 10.3. The summed E-state index contributed by atoms with van der Waals surface area (Å²) >= 11 is 0. The first-order chi connectivity index (χ1) is 16.6. The highest BCUT2D eigenvalue weighted by Crippen LogP contribution is 2.38. The molecule has 4 heteroatoms. The van der Waals surface area contributed by atoms with Crippen LogP contribution >= 0.6 is 0 Å². The van der Waals surface area contributed by atoms with Crippen LogP contribution in [0.25, 0.3) is 0 Å². The van der Waals surface area contributed by atoms with Crippen LogP contribution in [0.4, 0.5) is 0 Å². The van der Waals surface area contributed by atoms with Gasteiger partial charge < -0.3 is 10.2 Å². The molecule has 1 amide bonds. The number of nitrogens with zero attached hydrogens (tertiary/aromatic N) is 1. The fraction of sp³-hybridized carbons (Fsp3) is 0.533. The maximum atomic E-state index is 14.0. The predicted molar refractivity (Wildman–Crippen MR) is 138 cm³/mol. The summed E-state index contributed by atoms with van der Waals surface area (Å²) in [6, 6.07) is 19.2. The summed E-state index contributed by atoms with van der Waals surface area (Å²) < 4.78 is 0. The molecule has 2 fully saturated rings. The fourth-order valence-electron chi connectivity index (χ4n) is 5.88. The van der Waals surface area contributed by atoms with Gasteiger partial charge in [-0.2, -0.15) is 0 Å². The summed E-state index contributed by atoms with van der Waals surface area (Å²) in [6.07, 6.45) is 9.03. The molecule has 0 bridgehead atoms. The molecule has 4 nitrogen and oxygen atoms in total. The van der Waals surface area contributed by atoms with Gasteiger partial charge in [0.2, 0.25) is 5.91 Å². The number of carbonyl (C=O) groups excluding carboxylic acids is 2. The van der Waals surface area contributed by atoms with E-state index in [9.17, 15) is 9.59 Å². The minimum atomic E-state index is -0.206. The van der Waals surface area contributed by atoms with Crippen molar-refractivity contribution in [3.05, 3.63) is 71.3 Å². The van der Waals surface area contributed by atoms with Gasteiger partial charge in [0.1, 0.15) is 5.78 Å². The minimum absolute atomic E-state index is 0.117. The lowest BCUT2D eigenvalue weighted by Gasteiger charge is -2.35. The van der Waals surface area contributed by atoms with Gasteiger partial charge in [0.05, 0.1) is 12.1 Å². The van der Waals surface area contributed by atoms with Crippen LogP contribution in [-0.2, 0) is 16.0 Å². The Morgan fingerprint density at radius 1 is 0.941 bits per heavy atom. The van der Waals surface area contributed by atoms with Crippen molar-refractivity contribution in [2.24, 2.45) is 11.8 Å². The molecule has 0 unspecified atom stereocenters. The van der Waals surface area contributed by atoms with Crippen LogP contribution in [-0.4, -0.2) is 36.2 Å². The number of benzene rings is 2. The van der Waals surface area contributed by atoms with Crippen LogP contribution in [0.3, 0.4) is 0 Å². The monoisotopic (exact) mass is 460 g/mol. The third kappa shape index (κ3) is 5.96. The Kier molecular flexibility index (Phi) is 8.55. The normalized spacial score (nSPS) is 20.8. The van der Waals surface area contributed by atoms with Crippen molar-refractivity contribution in [1.82, 2.24) is 10.2 Å². The number of nitrogens with one attached hydrogen (secondary N) is 1. The van der Waals surface area contributed by atoms with E-state index in [-0.39, 0.29) is 29.7 Å². The van der Waals surface area contributed by atoms with E-state index in [2.05, 4.69) is 58.7 Å². The van der Waals surface area contributed by atoms with Crippen LogP contribution in [0.15, 0.2) is 54.6 Å². The summed E-state index contributed by atoms with van der Waals surface area (Å²) in [6.45, 7) is 2.70. The molecule has 0 aromatic heterocycles. The first-order valence-electron chi connectivity index (χ1n) is 13.2. The number of hydrogen-bond donors (Lipinski definition) is 1. The van der Waals surface area contributed by atoms with Crippen molar-refractivity contribution in [2.45, 2.75) is 76.8 Å². The van der Waals surface area contributed by atoms with Crippen LogP contribution in [0.2, 0.25) is 0 Å². The zero-order valence-electron chi connectivity index (χ0n) is 20.8. The molecule has 1 heterocycles. The Morgan fingerprint density at radius 2 is 1.68 bits per heavy atom. The SMILES string of the molecule is CN[C@@H](C)C(=O)C[C@H](C(=O)N1CCC[C@H]1c1cccc(Cc2ccccc2)c1)C1CCCCC1. The summed E-state index contributed by atoms with van der Waals surface area (Å²) in [5.41, 5.74) is 3.81. The predicted octanol–water partition coefficient (Wildman–Crippen LogP) is 5.70. The lowest BCUT2D eigenvalue weighted by Crippen LogP contribution is -2.42. The van der Waals surface area contributed by atoms with Crippen molar-refractivity contribution in [3.8, 4) is 0 Å². The molecule has 3 atom stereocenters. The molecule has 1 aliphatic carbocycles. The highest BCUT2D eigenvalue weighted by Gasteiger charge is 2.39. The van der Waals surface area contributed by atoms with Gasteiger partial charge in [-0.05, 0) is 68.7 Å². The Bertz CT molecular complexity index is 951. The number of likely N-dealkylation sites (tertiary alicyclic amines) is 1. The molecule has 0 radical (unpaired) electrons. The van der Waals surface area contributed by atoms with Gasteiger partial charge in [-0.3, -0.25) is 9.59 Å².